The summed E-state index contributed by atoms with van der Waals surface area (Å²) in [5.41, 5.74) is 8.29. The van der Waals surface area contributed by atoms with E-state index in [2.05, 4.69) is 5.10 Å². The molecule has 3 heterocycles. The Bertz CT molecular complexity index is 658. The van der Waals surface area contributed by atoms with Gasteiger partial charge in [-0.25, -0.2) is 4.52 Å². The van der Waals surface area contributed by atoms with Crippen LogP contribution < -0.4 is 5.73 Å². The van der Waals surface area contributed by atoms with E-state index >= 15 is 0 Å². The molecule has 0 fully saturated rings. The van der Waals surface area contributed by atoms with E-state index in [4.69, 9.17) is 17.3 Å². The smallest absolute Gasteiger partial charge is 0.0931 e. The Morgan fingerprint density at radius 2 is 2.18 bits per heavy atom. The predicted molar refractivity (Wildman–Crippen MR) is 70.6 cm³/mol. The number of rotatable bonds is 2. The first-order valence-electron chi connectivity index (χ1n) is 5.19. The molecular weight excluding hydrogens is 254 g/mol. The van der Waals surface area contributed by atoms with Crippen LogP contribution in [0.25, 0.3) is 5.52 Å². The molecule has 0 aliphatic rings. The van der Waals surface area contributed by atoms with Crippen LogP contribution in [0.1, 0.15) is 16.5 Å². The maximum atomic E-state index is 6.24. The van der Waals surface area contributed by atoms with Crippen LogP contribution in [-0.2, 0) is 0 Å². The van der Waals surface area contributed by atoms with Gasteiger partial charge in [0.15, 0.2) is 0 Å². The largest absolute Gasteiger partial charge is 0.319 e. The molecule has 3 nitrogen and oxygen atoms in total. The first kappa shape index (κ1) is 10.8. The summed E-state index contributed by atoms with van der Waals surface area (Å²) in [6.45, 7) is 0. The summed E-state index contributed by atoms with van der Waals surface area (Å²) < 4.78 is 2.58. The van der Waals surface area contributed by atoms with Crippen molar-refractivity contribution in [3.63, 3.8) is 0 Å². The number of aromatic nitrogens is 2. The van der Waals surface area contributed by atoms with Crippen molar-refractivity contribution in [2.24, 2.45) is 5.73 Å². The highest BCUT2D eigenvalue weighted by molar-refractivity contribution is 7.16. The van der Waals surface area contributed by atoms with Crippen molar-refractivity contribution in [3.05, 3.63) is 57.5 Å². The van der Waals surface area contributed by atoms with Gasteiger partial charge in [-0.3, -0.25) is 0 Å². The number of nitrogens with zero attached hydrogens (tertiary/aromatic N) is 2. The average Bonchev–Trinajstić information content (AvgIpc) is 2.94. The first-order valence-corrected chi connectivity index (χ1v) is 6.38. The average molecular weight is 264 g/mol. The van der Waals surface area contributed by atoms with E-state index in [1.165, 1.54) is 11.3 Å². The van der Waals surface area contributed by atoms with Crippen LogP contribution in [0.5, 0.6) is 0 Å². The fourth-order valence-corrected chi connectivity index (χ4v) is 2.92. The summed E-state index contributed by atoms with van der Waals surface area (Å²) in [6, 6.07) is 9.59. The third kappa shape index (κ3) is 1.84. The monoisotopic (exact) mass is 263 g/mol. The molecule has 2 N–H and O–H groups in total. The van der Waals surface area contributed by atoms with Crippen molar-refractivity contribution < 1.29 is 0 Å². The van der Waals surface area contributed by atoms with Gasteiger partial charge in [0.25, 0.3) is 0 Å². The molecule has 17 heavy (non-hydrogen) atoms. The minimum absolute atomic E-state index is 0.174. The van der Waals surface area contributed by atoms with Crippen molar-refractivity contribution in [2.75, 3.05) is 0 Å². The standard InChI is InChI=1S/C12H10ClN3S/c13-11-5-4-10(17-11)12(14)8-7-15-16-6-2-1-3-9(8)16/h1-7,12H,14H2. The Kier molecular flexibility index (Phi) is 2.63. The van der Waals surface area contributed by atoms with Crippen LogP contribution in [0.15, 0.2) is 42.7 Å². The van der Waals surface area contributed by atoms with Gasteiger partial charge in [-0.2, -0.15) is 5.10 Å². The normalized spacial score (nSPS) is 13.1. The summed E-state index contributed by atoms with van der Waals surface area (Å²) in [5.74, 6) is 0. The molecule has 0 aromatic carbocycles. The molecule has 0 saturated carbocycles. The highest BCUT2D eigenvalue weighted by atomic mass is 35.5. The Labute approximate surface area is 107 Å². The number of nitrogens with two attached hydrogens (primary N) is 1. The van der Waals surface area contributed by atoms with Gasteiger partial charge in [-0.15, -0.1) is 11.3 Å². The Morgan fingerprint density at radius 1 is 1.29 bits per heavy atom. The number of fused-ring (bicyclic) bond motifs is 1. The Hall–Kier alpha value is -1.36. The molecule has 0 aliphatic carbocycles. The molecular formula is C12H10ClN3S. The van der Waals surface area contributed by atoms with Crippen LogP contribution >= 0.6 is 22.9 Å². The molecule has 0 saturated heterocycles. The van der Waals surface area contributed by atoms with Gasteiger partial charge >= 0.3 is 0 Å². The second kappa shape index (κ2) is 4.14. The highest BCUT2D eigenvalue weighted by Crippen LogP contribution is 2.30. The quantitative estimate of drug-likeness (QED) is 0.772. The zero-order valence-electron chi connectivity index (χ0n) is 8.88. The lowest BCUT2D eigenvalue weighted by atomic mass is 10.1. The lowest BCUT2D eigenvalue weighted by Crippen LogP contribution is -2.09. The van der Waals surface area contributed by atoms with Crippen LogP contribution in [0.3, 0.4) is 0 Å². The van der Waals surface area contributed by atoms with Gasteiger partial charge in [0, 0.05) is 16.6 Å². The number of pyridine rings is 1. The summed E-state index contributed by atoms with van der Waals surface area (Å²) in [4.78, 5) is 1.05. The van der Waals surface area contributed by atoms with E-state index in [1.54, 1.807) is 0 Å². The summed E-state index contributed by atoms with van der Waals surface area (Å²) in [7, 11) is 0. The molecule has 0 radical (unpaired) electrons. The van der Waals surface area contributed by atoms with Gasteiger partial charge < -0.3 is 5.73 Å². The maximum Gasteiger partial charge on any atom is 0.0931 e. The topological polar surface area (TPSA) is 43.3 Å². The summed E-state index contributed by atoms with van der Waals surface area (Å²) in [5, 5.41) is 4.28. The van der Waals surface area contributed by atoms with E-state index < -0.39 is 0 Å². The zero-order valence-corrected chi connectivity index (χ0v) is 10.4. The van der Waals surface area contributed by atoms with Crippen molar-refractivity contribution in [1.82, 2.24) is 9.61 Å². The fourth-order valence-electron chi connectivity index (χ4n) is 1.84. The molecule has 86 valence electrons. The Morgan fingerprint density at radius 3 is 2.94 bits per heavy atom. The number of hydrogen-bond acceptors (Lipinski definition) is 3. The molecule has 3 aromatic heterocycles. The molecule has 0 aliphatic heterocycles. The molecule has 5 heteroatoms. The SMILES string of the molecule is NC(c1ccc(Cl)s1)c1cnn2ccccc12. The van der Waals surface area contributed by atoms with E-state index in [-0.39, 0.29) is 6.04 Å². The molecule has 3 aromatic rings. The van der Waals surface area contributed by atoms with Crippen LogP contribution in [-0.4, -0.2) is 9.61 Å². The van der Waals surface area contributed by atoms with Crippen molar-refractivity contribution >= 4 is 28.5 Å². The molecule has 0 bridgehead atoms. The lowest BCUT2D eigenvalue weighted by molar-refractivity contribution is 0.903. The van der Waals surface area contributed by atoms with Gasteiger partial charge in [0.05, 0.1) is 22.1 Å². The minimum Gasteiger partial charge on any atom is -0.319 e. The van der Waals surface area contributed by atoms with Crippen LogP contribution in [0.4, 0.5) is 0 Å². The highest BCUT2D eigenvalue weighted by Gasteiger charge is 2.15. The molecule has 0 amide bonds. The summed E-state index contributed by atoms with van der Waals surface area (Å²) in [6.07, 6.45) is 3.72. The molecule has 1 unspecified atom stereocenters. The van der Waals surface area contributed by atoms with Crippen LogP contribution in [0, 0.1) is 0 Å². The minimum atomic E-state index is -0.174. The number of hydrogen-bond donors (Lipinski definition) is 1. The van der Waals surface area contributed by atoms with E-state index in [0.717, 1.165) is 20.3 Å². The first-order chi connectivity index (χ1) is 8.25. The van der Waals surface area contributed by atoms with Gasteiger partial charge in [0.2, 0.25) is 0 Å². The van der Waals surface area contributed by atoms with E-state index in [1.807, 2.05) is 47.2 Å². The van der Waals surface area contributed by atoms with E-state index in [9.17, 15) is 0 Å². The van der Waals surface area contributed by atoms with Crippen molar-refractivity contribution in [2.45, 2.75) is 6.04 Å². The van der Waals surface area contributed by atoms with Gasteiger partial charge in [-0.05, 0) is 24.3 Å². The van der Waals surface area contributed by atoms with Crippen molar-refractivity contribution in [3.8, 4) is 0 Å². The second-order valence-electron chi connectivity index (χ2n) is 3.75. The van der Waals surface area contributed by atoms with Gasteiger partial charge in [-0.1, -0.05) is 17.7 Å². The third-order valence-corrected chi connectivity index (χ3v) is 4.01. The van der Waals surface area contributed by atoms with Crippen molar-refractivity contribution in [1.29, 1.82) is 0 Å². The lowest BCUT2D eigenvalue weighted by Gasteiger charge is -2.07. The maximum absolute atomic E-state index is 6.24. The number of thiophene rings is 1. The van der Waals surface area contributed by atoms with Gasteiger partial charge in [0.1, 0.15) is 0 Å². The predicted octanol–water partition coefficient (Wildman–Crippen LogP) is 3.10. The molecule has 0 spiro atoms. The molecule has 3 rings (SSSR count). The van der Waals surface area contributed by atoms with E-state index in [0.29, 0.717) is 0 Å². The second-order valence-corrected chi connectivity index (χ2v) is 5.50. The molecule has 1 atom stereocenters. The van der Waals surface area contributed by atoms with Crippen LogP contribution in [0.2, 0.25) is 4.34 Å². The fraction of sp³-hybridized carbons (Fsp3) is 0.0833. The summed E-state index contributed by atoms with van der Waals surface area (Å²) >= 11 is 7.43. The number of halogens is 1. The Balaban J connectivity index is 2.09. The third-order valence-electron chi connectivity index (χ3n) is 2.69. The zero-order chi connectivity index (χ0) is 11.8.